The molecule has 0 saturated heterocycles. The summed E-state index contributed by atoms with van der Waals surface area (Å²) in [7, 11) is 0. The van der Waals surface area contributed by atoms with Crippen LogP contribution in [0.4, 0.5) is 0 Å². The standard InChI is InChI=1S/C12H18N2O/c1-3-11(12(13)15)14-8-10-7-5-4-6-9(10)2/h4-7,11,14H,3,8H2,1-2H3,(H2,13,15). The Kier molecular flexibility index (Phi) is 4.31. The molecule has 0 bridgehead atoms. The second-order valence-electron chi connectivity index (χ2n) is 3.67. The Bertz CT molecular complexity index is 336. The molecule has 1 unspecified atom stereocenters. The molecular weight excluding hydrogens is 188 g/mol. The second kappa shape index (κ2) is 5.51. The molecule has 0 saturated carbocycles. The molecule has 0 aliphatic heterocycles. The molecule has 3 heteroatoms. The average molecular weight is 206 g/mol. The molecule has 1 aromatic rings. The number of carbonyl (C=O) groups is 1. The molecule has 0 fully saturated rings. The van der Waals surface area contributed by atoms with Gasteiger partial charge in [-0.2, -0.15) is 0 Å². The number of benzene rings is 1. The third-order valence-corrected chi connectivity index (χ3v) is 2.55. The summed E-state index contributed by atoms with van der Waals surface area (Å²) in [6.07, 6.45) is 0.723. The molecule has 1 rings (SSSR count). The lowest BCUT2D eigenvalue weighted by molar-refractivity contribution is -0.120. The summed E-state index contributed by atoms with van der Waals surface area (Å²) in [4.78, 5) is 11.0. The van der Waals surface area contributed by atoms with E-state index in [-0.39, 0.29) is 11.9 Å². The molecule has 0 aromatic heterocycles. The number of primary amides is 1. The molecule has 0 heterocycles. The molecule has 1 amide bonds. The molecule has 0 spiro atoms. The van der Waals surface area contributed by atoms with Gasteiger partial charge in [-0.1, -0.05) is 31.2 Å². The van der Waals surface area contributed by atoms with E-state index in [9.17, 15) is 4.79 Å². The number of hydrogen-bond acceptors (Lipinski definition) is 2. The lowest BCUT2D eigenvalue weighted by atomic mass is 10.1. The van der Waals surface area contributed by atoms with Crippen LogP contribution in [0, 0.1) is 6.92 Å². The van der Waals surface area contributed by atoms with Gasteiger partial charge in [0.2, 0.25) is 5.91 Å². The zero-order valence-corrected chi connectivity index (χ0v) is 9.29. The van der Waals surface area contributed by atoms with Crippen LogP contribution in [0.5, 0.6) is 0 Å². The molecule has 82 valence electrons. The molecule has 0 aliphatic rings. The van der Waals surface area contributed by atoms with Crippen molar-refractivity contribution >= 4 is 5.91 Å². The molecule has 1 aromatic carbocycles. The first kappa shape index (κ1) is 11.7. The van der Waals surface area contributed by atoms with E-state index in [1.165, 1.54) is 11.1 Å². The monoisotopic (exact) mass is 206 g/mol. The van der Waals surface area contributed by atoms with Gasteiger partial charge in [-0.15, -0.1) is 0 Å². The van der Waals surface area contributed by atoms with Crippen LogP contribution in [0.25, 0.3) is 0 Å². The Morgan fingerprint density at radius 1 is 1.47 bits per heavy atom. The van der Waals surface area contributed by atoms with Gasteiger partial charge in [0.05, 0.1) is 6.04 Å². The minimum Gasteiger partial charge on any atom is -0.368 e. The topological polar surface area (TPSA) is 55.1 Å². The average Bonchev–Trinajstić information content (AvgIpc) is 2.21. The van der Waals surface area contributed by atoms with E-state index in [0.717, 1.165) is 6.42 Å². The molecule has 0 radical (unpaired) electrons. The van der Waals surface area contributed by atoms with E-state index in [1.54, 1.807) is 0 Å². The molecule has 15 heavy (non-hydrogen) atoms. The highest BCUT2D eigenvalue weighted by Crippen LogP contribution is 2.06. The Morgan fingerprint density at radius 2 is 2.13 bits per heavy atom. The number of nitrogens with one attached hydrogen (secondary N) is 1. The van der Waals surface area contributed by atoms with Gasteiger partial charge in [-0.3, -0.25) is 4.79 Å². The number of hydrogen-bond donors (Lipinski definition) is 2. The van der Waals surface area contributed by atoms with Crippen LogP contribution in [-0.4, -0.2) is 11.9 Å². The fourth-order valence-corrected chi connectivity index (χ4v) is 1.49. The van der Waals surface area contributed by atoms with E-state index in [2.05, 4.69) is 24.4 Å². The quantitative estimate of drug-likeness (QED) is 0.764. The molecular formula is C12H18N2O. The number of nitrogens with two attached hydrogens (primary N) is 1. The van der Waals surface area contributed by atoms with Crippen LogP contribution < -0.4 is 11.1 Å². The van der Waals surface area contributed by atoms with Crippen LogP contribution in [0.1, 0.15) is 24.5 Å². The van der Waals surface area contributed by atoms with E-state index in [1.807, 2.05) is 19.1 Å². The van der Waals surface area contributed by atoms with Gasteiger partial charge < -0.3 is 11.1 Å². The fourth-order valence-electron chi connectivity index (χ4n) is 1.49. The zero-order valence-electron chi connectivity index (χ0n) is 9.29. The van der Waals surface area contributed by atoms with Gasteiger partial charge in [0.15, 0.2) is 0 Å². The van der Waals surface area contributed by atoms with Gasteiger partial charge in [0, 0.05) is 6.54 Å². The van der Waals surface area contributed by atoms with Gasteiger partial charge >= 0.3 is 0 Å². The highest BCUT2D eigenvalue weighted by atomic mass is 16.1. The van der Waals surface area contributed by atoms with Crippen molar-refractivity contribution in [3.05, 3.63) is 35.4 Å². The van der Waals surface area contributed by atoms with Gasteiger partial charge in [0.25, 0.3) is 0 Å². The first-order chi connectivity index (χ1) is 7.15. The summed E-state index contributed by atoms with van der Waals surface area (Å²) in [6.45, 7) is 4.69. The van der Waals surface area contributed by atoms with Gasteiger partial charge in [-0.25, -0.2) is 0 Å². The fraction of sp³-hybridized carbons (Fsp3) is 0.417. The molecule has 3 nitrogen and oxygen atoms in total. The molecule has 3 N–H and O–H groups in total. The van der Waals surface area contributed by atoms with Crippen molar-refractivity contribution in [1.29, 1.82) is 0 Å². The lowest BCUT2D eigenvalue weighted by Gasteiger charge is -2.14. The molecule has 0 aliphatic carbocycles. The van der Waals surface area contributed by atoms with Crippen LogP contribution in [-0.2, 0) is 11.3 Å². The number of rotatable bonds is 5. The summed E-state index contributed by atoms with van der Waals surface area (Å²) >= 11 is 0. The lowest BCUT2D eigenvalue weighted by Crippen LogP contribution is -2.40. The van der Waals surface area contributed by atoms with Crippen LogP contribution in [0.2, 0.25) is 0 Å². The Hall–Kier alpha value is -1.35. The van der Waals surface area contributed by atoms with Crippen molar-refractivity contribution in [2.75, 3.05) is 0 Å². The highest BCUT2D eigenvalue weighted by molar-refractivity contribution is 5.79. The number of aryl methyl sites for hydroxylation is 1. The predicted octanol–water partition coefficient (Wildman–Crippen LogP) is 1.35. The predicted molar refractivity (Wildman–Crippen MR) is 61.3 cm³/mol. The first-order valence-electron chi connectivity index (χ1n) is 5.22. The maximum atomic E-state index is 11.0. The van der Waals surface area contributed by atoms with Gasteiger partial charge in [0.1, 0.15) is 0 Å². The molecule has 1 atom stereocenters. The van der Waals surface area contributed by atoms with Crippen LogP contribution >= 0.6 is 0 Å². The smallest absolute Gasteiger partial charge is 0.234 e. The van der Waals surface area contributed by atoms with E-state index in [0.29, 0.717) is 6.54 Å². The number of amides is 1. The van der Waals surface area contributed by atoms with Crippen molar-refractivity contribution < 1.29 is 4.79 Å². The van der Waals surface area contributed by atoms with Crippen molar-refractivity contribution in [2.45, 2.75) is 32.9 Å². The van der Waals surface area contributed by atoms with Crippen molar-refractivity contribution in [2.24, 2.45) is 5.73 Å². The Labute approximate surface area is 90.7 Å². The summed E-state index contributed by atoms with van der Waals surface area (Å²) in [5.41, 5.74) is 7.68. The largest absolute Gasteiger partial charge is 0.368 e. The summed E-state index contributed by atoms with van der Waals surface area (Å²) in [5.74, 6) is -0.286. The van der Waals surface area contributed by atoms with E-state index in [4.69, 9.17) is 5.73 Å². The van der Waals surface area contributed by atoms with Crippen LogP contribution in [0.3, 0.4) is 0 Å². The maximum Gasteiger partial charge on any atom is 0.234 e. The van der Waals surface area contributed by atoms with Crippen molar-refractivity contribution in [1.82, 2.24) is 5.32 Å². The first-order valence-corrected chi connectivity index (χ1v) is 5.22. The summed E-state index contributed by atoms with van der Waals surface area (Å²) < 4.78 is 0. The third-order valence-electron chi connectivity index (χ3n) is 2.55. The third kappa shape index (κ3) is 3.36. The van der Waals surface area contributed by atoms with Crippen molar-refractivity contribution in [3.63, 3.8) is 0 Å². The SMILES string of the molecule is CCC(NCc1ccccc1C)C(N)=O. The minimum absolute atomic E-state index is 0.232. The van der Waals surface area contributed by atoms with Crippen LogP contribution in [0.15, 0.2) is 24.3 Å². The van der Waals surface area contributed by atoms with E-state index >= 15 is 0 Å². The summed E-state index contributed by atoms with van der Waals surface area (Å²) in [5, 5.41) is 3.15. The summed E-state index contributed by atoms with van der Waals surface area (Å²) in [6, 6.07) is 7.88. The highest BCUT2D eigenvalue weighted by Gasteiger charge is 2.11. The second-order valence-corrected chi connectivity index (χ2v) is 3.67. The minimum atomic E-state index is -0.286. The van der Waals surface area contributed by atoms with E-state index < -0.39 is 0 Å². The Morgan fingerprint density at radius 3 is 2.67 bits per heavy atom. The maximum absolute atomic E-state index is 11.0. The zero-order chi connectivity index (χ0) is 11.3. The Balaban J connectivity index is 2.56. The number of carbonyl (C=O) groups excluding carboxylic acids is 1. The normalized spacial score (nSPS) is 12.4. The van der Waals surface area contributed by atoms with Crippen molar-refractivity contribution in [3.8, 4) is 0 Å². The van der Waals surface area contributed by atoms with Gasteiger partial charge in [-0.05, 0) is 24.5 Å².